The molecule has 0 N–H and O–H groups in total. The first kappa shape index (κ1) is 21.4. The Morgan fingerprint density at radius 1 is 1.10 bits per heavy atom. The summed E-state index contributed by atoms with van der Waals surface area (Å²) >= 11 is 1.31. The highest BCUT2D eigenvalue weighted by Crippen LogP contribution is 2.24. The first-order valence-electron chi connectivity index (χ1n) is 9.38. The van der Waals surface area contributed by atoms with E-state index in [0.29, 0.717) is 4.80 Å². The first-order chi connectivity index (χ1) is 14.3. The number of methoxy groups -OCH3 is 1. The molecule has 3 aromatic rings. The molecule has 0 saturated carbocycles. The molecular weight excluding hydrogens is 404 g/mol. The molecular formula is C22H22N2O5S. The Labute approximate surface area is 177 Å². The van der Waals surface area contributed by atoms with Gasteiger partial charge >= 0.3 is 11.9 Å². The number of hydrogen-bond donors (Lipinski definition) is 0. The minimum absolute atomic E-state index is 0.0680. The SMILES string of the molecule is CCOC(=O)Cn1c(=NC(=O)c2ccccc2C(=O)OC)sc2c(C)cc(C)cc21. The quantitative estimate of drug-likeness (QED) is 0.584. The highest BCUT2D eigenvalue weighted by Gasteiger charge is 2.18. The Hall–Kier alpha value is -3.26. The van der Waals surface area contributed by atoms with Crippen molar-refractivity contribution in [3.05, 3.63) is 63.5 Å². The lowest BCUT2D eigenvalue weighted by Gasteiger charge is -2.07. The molecule has 30 heavy (non-hydrogen) atoms. The van der Waals surface area contributed by atoms with Crippen LogP contribution in [0.1, 0.15) is 38.8 Å². The smallest absolute Gasteiger partial charge is 0.338 e. The molecule has 0 fully saturated rings. The van der Waals surface area contributed by atoms with Gasteiger partial charge in [0.05, 0.1) is 35.1 Å². The van der Waals surface area contributed by atoms with Crippen LogP contribution >= 0.6 is 11.3 Å². The number of carbonyl (C=O) groups excluding carboxylic acids is 3. The third kappa shape index (κ3) is 4.33. The van der Waals surface area contributed by atoms with Gasteiger partial charge in [0, 0.05) is 0 Å². The van der Waals surface area contributed by atoms with Crippen LogP contribution in [0.2, 0.25) is 0 Å². The average molecular weight is 426 g/mol. The highest BCUT2D eigenvalue weighted by molar-refractivity contribution is 7.16. The Morgan fingerprint density at radius 3 is 2.47 bits per heavy atom. The number of carbonyl (C=O) groups is 3. The van der Waals surface area contributed by atoms with Crippen LogP contribution in [0.3, 0.4) is 0 Å². The molecule has 0 bridgehead atoms. The second-order valence-corrected chi connectivity index (χ2v) is 7.64. The second kappa shape index (κ2) is 9.04. The molecule has 0 spiro atoms. The van der Waals surface area contributed by atoms with Gasteiger partial charge in [-0.15, -0.1) is 0 Å². The van der Waals surface area contributed by atoms with Gasteiger partial charge in [-0.05, 0) is 50.1 Å². The van der Waals surface area contributed by atoms with Gasteiger partial charge in [0.2, 0.25) is 0 Å². The zero-order chi connectivity index (χ0) is 21.8. The fourth-order valence-corrected chi connectivity index (χ4v) is 4.27. The molecule has 0 radical (unpaired) electrons. The Morgan fingerprint density at radius 2 is 1.80 bits per heavy atom. The molecule has 1 amide bonds. The lowest BCUT2D eigenvalue weighted by molar-refractivity contribution is -0.143. The molecule has 2 aromatic carbocycles. The Balaban J connectivity index is 2.19. The molecule has 0 aliphatic carbocycles. The number of aromatic nitrogens is 1. The molecule has 0 saturated heterocycles. The predicted molar refractivity (Wildman–Crippen MR) is 114 cm³/mol. The number of aryl methyl sites for hydroxylation is 2. The standard InChI is InChI=1S/C22H22N2O5S/c1-5-29-18(25)12-24-17-11-13(2)10-14(3)19(17)30-22(24)23-20(26)15-8-6-7-9-16(15)21(27)28-4/h6-11H,5,12H2,1-4H3. The summed E-state index contributed by atoms with van der Waals surface area (Å²) in [5.41, 5.74) is 3.13. The summed E-state index contributed by atoms with van der Waals surface area (Å²) in [5, 5.41) is 0. The number of amides is 1. The van der Waals surface area contributed by atoms with E-state index in [0.717, 1.165) is 21.3 Å². The van der Waals surface area contributed by atoms with Gasteiger partial charge < -0.3 is 14.0 Å². The van der Waals surface area contributed by atoms with Gasteiger partial charge in [-0.2, -0.15) is 4.99 Å². The van der Waals surface area contributed by atoms with E-state index in [2.05, 4.69) is 4.99 Å². The van der Waals surface area contributed by atoms with Crippen LogP contribution in [-0.4, -0.2) is 36.1 Å². The lowest BCUT2D eigenvalue weighted by atomic mass is 10.1. The third-order valence-corrected chi connectivity index (χ3v) is 5.70. The molecule has 8 heteroatoms. The summed E-state index contributed by atoms with van der Waals surface area (Å²) in [6.45, 7) is 5.87. The van der Waals surface area contributed by atoms with Gasteiger partial charge in [0.15, 0.2) is 4.80 Å². The molecule has 1 heterocycles. The summed E-state index contributed by atoms with van der Waals surface area (Å²) in [5.74, 6) is -1.62. The maximum Gasteiger partial charge on any atom is 0.338 e. The van der Waals surface area contributed by atoms with E-state index >= 15 is 0 Å². The summed E-state index contributed by atoms with van der Waals surface area (Å²) < 4.78 is 12.5. The van der Waals surface area contributed by atoms with E-state index in [4.69, 9.17) is 9.47 Å². The number of fused-ring (bicyclic) bond motifs is 1. The van der Waals surface area contributed by atoms with Crippen LogP contribution in [0.15, 0.2) is 41.4 Å². The monoisotopic (exact) mass is 426 g/mol. The van der Waals surface area contributed by atoms with Crippen molar-refractivity contribution in [3.8, 4) is 0 Å². The van der Waals surface area contributed by atoms with Gasteiger partial charge in [0.25, 0.3) is 5.91 Å². The summed E-state index contributed by atoms with van der Waals surface area (Å²) in [6, 6.07) is 10.3. The van der Waals surface area contributed by atoms with Crippen LogP contribution < -0.4 is 4.80 Å². The van der Waals surface area contributed by atoms with Gasteiger partial charge in [-0.1, -0.05) is 29.5 Å². The third-order valence-electron chi connectivity index (χ3n) is 4.47. The van der Waals surface area contributed by atoms with E-state index in [1.165, 1.54) is 30.6 Å². The zero-order valence-electron chi connectivity index (χ0n) is 17.2. The maximum absolute atomic E-state index is 13.0. The molecule has 3 rings (SSSR count). The van der Waals surface area contributed by atoms with E-state index in [1.807, 2.05) is 26.0 Å². The number of benzene rings is 2. The normalized spacial score (nSPS) is 11.5. The lowest BCUT2D eigenvalue weighted by Crippen LogP contribution is -2.23. The zero-order valence-corrected chi connectivity index (χ0v) is 18.0. The topological polar surface area (TPSA) is 87.0 Å². The van der Waals surface area contributed by atoms with Crippen molar-refractivity contribution in [2.75, 3.05) is 13.7 Å². The summed E-state index contributed by atoms with van der Waals surface area (Å²) in [4.78, 5) is 41.8. The van der Waals surface area contributed by atoms with Gasteiger partial charge in [0.1, 0.15) is 6.54 Å². The average Bonchev–Trinajstić information content (AvgIpc) is 3.05. The van der Waals surface area contributed by atoms with Crippen LogP contribution in [0.5, 0.6) is 0 Å². The van der Waals surface area contributed by atoms with Crippen LogP contribution in [0, 0.1) is 13.8 Å². The number of esters is 2. The number of ether oxygens (including phenoxy) is 2. The molecule has 0 aliphatic heterocycles. The molecule has 1 aromatic heterocycles. The van der Waals surface area contributed by atoms with Crippen molar-refractivity contribution in [1.29, 1.82) is 0 Å². The largest absolute Gasteiger partial charge is 0.465 e. The molecule has 0 aliphatic rings. The molecule has 7 nitrogen and oxygen atoms in total. The Bertz CT molecular complexity index is 1210. The van der Waals surface area contributed by atoms with Gasteiger partial charge in [-0.25, -0.2) is 4.79 Å². The van der Waals surface area contributed by atoms with E-state index in [-0.39, 0.29) is 24.3 Å². The summed E-state index contributed by atoms with van der Waals surface area (Å²) in [6.07, 6.45) is 0. The van der Waals surface area contributed by atoms with Crippen LogP contribution in [0.4, 0.5) is 0 Å². The van der Waals surface area contributed by atoms with Crippen molar-refractivity contribution in [2.24, 2.45) is 4.99 Å². The van der Waals surface area contributed by atoms with Gasteiger partial charge in [-0.3, -0.25) is 9.59 Å². The number of hydrogen-bond acceptors (Lipinski definition) is 6. The maximum atomic E-state index is 13.0. The number of thiazole rings is 1. The Kier molecular flexibility index (Phi) is 6.47. The predicted octanol–water partition coefficient (Wildman–Crippen LogP) is 3.41. The van der Waals surface area contributed by atoms with E-state index in [1.54, 1.807) is 23.6 Å². The number of rotatable bonds is 5. The molecule has 0 unspecified atom stereocenters. The molecule has 156 valence electrons. The number of nitrogens with zero attached hydrogens (tertiary/aromatic N) is 2. The highest BCUT2D eigenvalue weighted by atomic mass is 32.1. The van der Waals surface area contributed by atoms with Crippen LogP contribution in [-0.2, 0) is 20.8 Å². The fourth-order valence-electron chi connectivity index (χ4n) is 3.19. The van der Waals surface area contributed by atoms with Crippen molar-refractivity contribution >= 4 is 39.4 Å². The van der Waals surface area contributed by atoms with Crippen molar-refractivity contribution in [3.63, 3.8) is 0 Å². The van der Waals surface area contributed by atoms with Crippen molar-refractivity contribution in [1.82, 2.24) is 4.57 Å². The van der Waals surface area contributed by atoms with Crippen LogP contribution in [0.25, 0.3) is 10.2 Å². The fraction of sp³-hybridized carbons (Fsp3) is 0.273. The molecule has 0 atom stereocenters. The van der Waals surface area contributed by atoms with Crippen molar-refractivity contribution < 1.29 is 23.9 Å². The second-order valence-electron chi connectivity index (χ2n) is 6.66. The summed E-state index contributed by atoms with van der Waals surface area (Å²) in [7, 11) is 1.26. The first-order valence-corrected chi connectivity index (χ1v) is 10.2. The minimum Gasteiger partial charge on any atom is -0.465 e. The van der Waals surface area contributed by atoms with E-state index < -0.39 is 17.8 Å². The minimum atomic E-state index is -0.614. The van der Waals surface area contributed by atoms with E-state index in [9.17, 15) is 14.4 Å². The van der Waals surface area contributed by atoms with Crippen molar-refractivity contribution in [2.45, 2.75) is 27.3 Å².